The third kappa shape index (κ3) is 4.72. The van der Waals surface area contributed by atoms with Gasteiger partial charge >= 0.3 is 0 Å². The Labute approximate surface area is 133 Å². The van der Waals surface area contributed by atoms with Crippen LogP contribution in [0.5, 0.6) is 0 Å². The van der Waals surface area contributed by atoms with E-state index in [9.17, 15) is 4.79 Å². The predicted octanol–water partition coefficient (Wildman–Crippen LogP) is 4.46. The highest BCUT2D eigenvalue weighted by molar-refractivity contribution is 7.15. The Bertz CT molecular complexity index is 627. The summed E-state index contributed by atoms with van der Waals surface area (Å²) >= 11 is 7.26. The van der Waals surface area contributed by atoms with Crippen molar-refractivity contribution in [3.05, 3.63) is 39.3 Å². The summed E-state index contributed by atoms with van der Waals surface area (Å²) in [5.74, 6) is 0.0561. The van der Waals surface area contributed by atoms with Crippen molar-refractivity contribution in [2.24, 2.45) is 0 Å². The van der Waals surface area contributed by atoms with Gasteiger partial charge in [-0.05, 0) is 37.1 Å². The van der Waals surface area contributed by atoms with E-state index in [4.69, 9.17) is 11.6 Å². The monoisotopic (exact) mass is 323 g/mol. The summed E-state index contributed by atoms with van der Waals surface area (Å²) in [5, 5.41) is 6.24. The van der Waals surface area contributed by atoms with Crippen molar-refractivity contribution in [2.75, 3.05) is 10.6 Å². The van der Waals surface area contributed by atoms with E-state index in [1.165, 1.54) is 11.3 Å². The number of hydrogen-bond donors (Lipinski definition) is 2. The lowest BCUT2D eigenvalue weighted by molar-refractivity contribution is -0.116. The average Bonchev–Trinajstić information content (AvgIpc) is 2.85. The molecule has 2 N–H and O–H groups in total. The average molecular weight is 324 g/mol. The Morgan fingerprint density at radius 1 is 1.43 bits per heavy atom. The van der Waals surface area contributed by atoms with E-state index in [1.54, 1.807) is 6.20 Å². The molecule has 0 aliphatic rings. The van der Waals surface area contributed by atoms with Gasteiger partial charge in [0.15, 0.2) is 4.47 Å². The molecule has 0 radical (unpaired) electrons. The molecule has 4 nitrogen and oxygen atoms in total. The Morgan fingerprint density at radius 3 is 2.86 bits per heavy atom. The summed E-state index contributed by atoms with van der Waals surface area (Å²) < 4.78 is 0.553. The third-order valence-corrected chi connectivity index (χ3v) is 4.08. The number of anilines is 2. The van der Waals surface area contributed by atoms with Crippen LogP contribution < -0.4 is 10.6 Å². The van der Waals surface area contributed by atoms with Crippen LogP contribution in [0.2, 0.25) is 4.47 Å². The molecule has 1 amide bonds. The van der Waals surface area contributed by atoms with Gasteiger partial charge in [0.25, 0.3) is 0 Å². The molecule has 0 aliphatic heterocycles. The highest BCUT2D eigenvalue weighted by Crippen LogP contribution is 2.22. The third-order valence-electron chi connectivity index (χ3n) is 2.97. The van der Waals surface area contributed by atoms with Crippen molar-refractivity contribution >= 4 is 40.2 Å². The number of benzene rings is 1. The number of carbonyl (C=O) groups is 1. The van der Waals surface area contributed by atoms with Crippen LogP contribution in [-0.4, -0.2) is 10.9 Å². The molecule has 112 valence electrons. The lowest BCUT2D eigenvalue weighted by Crippen LogP contribution is -2.11. The number of nitrogens with one attached hydrogen (secondary N) is 2. The molecule has 0 saturated carbocycles. The fourth-order valence-electron chi connectivity index (χ4n) is 1.91. The molecular weight excluding hydrogens is 306 g/mol. The molecule has 21 heavy (non-hydrogen) atoms. The molecule has 2 aromatic rings. The van der Waals surface area contributed by atoms with Crippen LogP contribution in [0.25, 0.3) is 0 Å². The number of hydrogen-bond acceptors (Lipinski definition) is 4. The number of nitrogens with zero attached hydrogens (tertiary/aromatic N) is 1. The van der Waals surface area contributed by atoms with Gasteiger partial charge in [-0.3, -0.25) is 4.79 Å². The fraction of sp³-hybridized carbons (Fsp3) is 0.333. The molecule has 0 unspecified atom stereocenters. The zero-order valence-electron chi connectivity index (χ0n) is 12.1. The molecule has 1 heterocycles. The number of halogens is 1. The lowest BCUT2D eigenvalue weighted by Gasteiger charge is -2.11. The zero-order valence-corrected chi connectivity index (χ0v) is 13.6. The number of amides is 1. The van der Waals surface area contributed by atoms with Crippen LogP contribution in [0.15, 0.2) is 24.4 Å². The fourth-order valence-corrected chi connectivity index (χ4v) is 2.83. The first kappa shape index (κ1) is 15.8. The van der Waals surface area contributed by atoms with E-state index in [1.807, 2.05) is 32.0 Å². The van der Waals surface area contributed by atoms with Gasteiger partial charge in [0, 0.05) is 28.9 Å². The van der Waals surface area contributed by atoms with Crippen LogP contribution in [0.3, 0.4) is 0 Å². The normalized spacial score (nSPS) is 10.4. The number of thiazole rings is 1. The molecule has 0 atom stereocenters. The predicted molar refractivity (Wildman–Crippen MR) is 89.2 cm³/mol. The first-order valence-electron chi connectivity index (χ1n) is 6.83. The summed E-state index contributed by atoms with van der Waals surface area (Å²) in [7, 11) is 0. The first-order valence-corrected chi connectivity index (χ1v) is 8.02. The van der Waals surface area contributed by atoms with Crippen LogP contribution in [-0.2, 0) is 11.3 Å². The van der Waals surface area contributed by atoms with Crippen LogP contribution >= 0.6 is 22.9 Å². The van der Waals surface area contributed by atoms with Crippen molar-refractivity contribution in [3.63, 3.8) is 0 Å². The molecule has 0 fully saturated rings. The maximum atomic E-state index is 11.6. The number of aryl methyl sites for hydroxylation is 1. The van der Waals surface area contributed by atoms with E-state index in [0.29, 0.717) is 17.4 Å². The molecule has 6 heteroatoms. The zero-order chi connectivity index (χ0) is 15.2. The van der Waals surface area contributed by atoms with Crippen molar-refractivity contribution < 1.29 is 4.79 Å². The van der Waals surface area contributed by atoms with Gasteiger partial charge in [-0.2, -0.15) is 0 Å². The highest BCUT2D eigenvalue weighted by Gasteiger charge is 2.05. The quantitative estimate of drug-likeness (QED) is 0.825. The summed E-state index contributed by atoms with van der Waals surface area (Å²) in [6.07, 6.45) is 3.17. The second-order valence-electron chi connectivity index (χ2n) is 4.76. The summed E-state index contributed by atoms with van der Waals surface area (Å²) in [6.45, 7) is 4.66. The molecule has 1 aromatic carbocycles. The minimum absolute atomic E-state index is 0.0561. The summed E-state index contributed by atoms with van der Waals surface area (Å²) in [4.78, 5) is 16.7. The second-order valence-corrected chi connectivity index (χ2v) is 6.46. The molecule has 0 saturated heterocycles. The number of carbonyl (C=O) groups excluding carboxylic acids is 1. The van der Waals surface area contributed by atoms with Crippen molar-refractivity contribution in [2.45, 2.75) is 33.2 Å². The van der Waals surface area contributed by atoms with Crippen molar-refractivity contribution in [1.29, 1.82) is 0 Å². The van der Waals surface area contributed by atoms with Crippen LogP contribution in [0, 0.1) is 6.92 Å². The Morgan fingerprint density at radius 2 is 2.24 bits per heavy atom. The maximum Gasteiger partial charge on any atom is 0.224 e. The molecule has 2 rings (SSSR count). The molecular formula is C15H18ClN3OS. The van der Waals surface area contributed by atoms with E-state index < -0.39 is 0 Å². The summed E-state index contributed by atoms with van der Waals surface area (Å²) in [6, 6.07) is 5.90. The standard InChI is InChI=1S/C15H18ClN3OS/c1-3-4-14(20)19-13-6-5-11(7-10(13)2)17-8-12-9-18-15(16)21-12/h5-7,9,17H,3-4,8H2,1-2H3,(H,19,20). The second kappa shape index (κ2) is 7.43. The smallest absolute Gasteiger partial charge is 0.224 e. The van der Waals surface area contributed by atoms with Gasteiger partial charge in [-0.25, -0.2) is 4.98 Å². The van der Waals surface area contributed by atoms with E-state index in [2.05, 4.69) is 15.6 Å². The topological polar surface area (TPSA) is 54.0 Å². The van der Waals surface area contributed by atoms with Gasteiger partial charge in [-0.1, -0.05) is 18.5 Å². The van der Waals surface area contributed by atoms with E-state index >= 15 is 0 Å². The first-order chi connectivity index (χ1) is 10.1. The highest BCUT2D eigenvalue weighted by atomic mass is 35.5. The minimum atomic E-state index is 0.0561. The Kier molecular flexibility index (Phi) is 5.59. The Hall–Kier alpha value is -1.59. The van der Waals surface area contributed by atoms with E-state index in [-0.39, 0.29) is 5.91 Å². The maximum absolute atomic E-state index is 11.6. The summed E-state index contributed by atoms with van der Waals surface area (Å²) in [5.41, 5.74) is 2.90. The molecule has 0 aliphatic carbocycles. The van der Waals surface area contributed by atoms with E-state index in [0.717, 1.165) is 28.2 Å². The minimum Gasteiger partial charge on any atom is -0.380 e. The van der Waals surface area contributed by atoms with Crippen LogP contribution in [0.1, 0.15) is 30.2 Å². The molecule has 1 aromatic heterocycles. The SMILES string of the molecule is CCCC(=O)Nc1ccc(NCc2cnc(Cl)s2)cc1C. The lowest BCUT2D eigenvalue weighted by atomic mass is 10.1. The van der Waals surface area contributed by atoms with Gasteiger partial charge in [0.05, 0.1) is 6.54 Å². The molecule has 0 spiro atoms. The van der Waals surface area contributed by atoms with Gasteiger partial charge in [0.1, 0.15) is 0 Å². The number of aromatic nitrogens is 1. The van der Waals surface area contributed by atoms with Crippen LogP contribution in [0.4, 0.5) is 11.4 Å². The largest absolute Gasteiger partial charge is 0.380 e. The van der Waals surface area contributed by atoms with Crippen molar-refractivity contribution in [1.82, 2.24) is 4.98 Å². The Balaban J connectivity index is 1.96. The van der Waals surface area contributed by atoms with Gasteiger partial charge < -0.3 is 10.6 Å². The number of rotatable bonds is 6. The van der Waals surface area contributed by atoms with Gasteiger partial charge in [0.2, 0.25) is 5.91 Å². The van der Waals surface area contributed by atoms with Crippen molar-refractivity contribution in [3.8, 4) is 0 Å². The molecule has 0 bridgehead atoms. The van der Waals surface area contributed by atoms with Gasteiger partial charge in [-0.15, -0.1) is 11.3 Å².